The highest BCUT2D eigenvalue weighted by Gasteiger charge is 2.30. The SMILES string of the molecule is O=C(O)c1ccc2c(c1)C(=O)c1cc3ccccc3cc1C2=O. The van der Waals surface area contributed by atoms with Crippen LogP contribution in [0.1, 0.15) is 42.2 Å². The standard InChI is InChI=1S/C19H10O4/c20-17-13-6-5-12(19(22)23)9-14(13)18(21)16-8-11-4-2-1-3-10(11)7-15(16)17/h1-9H,(H,22,23). The third kappa shape index (κ3) is 1.89. The van der Waals surface area contributed by atoms with Gasteiger partial charge in [0.1, 0.15) is 0 Å². The van der Waals surface area contributed by atoms with Gasteiger partial charge < -0.3 is 5.11 Å². The smallest absolute Gasteiger partial charge is 0.335 e. The number of ketones is 2. The normalized spacial score (nSPS) is 12.9. The van der Waals surface area contributed by atoms with Crippen LogP contribution < -0.4 is 0 Å². The molecule has 0 unspecified atom stereocenters. The fraction of sp³-hybridized carbons (Fsp3) is 0. The van der Waals surface area contributed by atoms with Crippen LogP contribution in [0.4, 0.5) is 0 Å². The Labute approximate surface area is 131 Å². The summed E-state index contributed by atoms with van der Waals surface area (Å²) in [6.45, 7) is 0. The Morgan fingerprint density at radius 3 is 1.78 bits per heavy atom. The van der Waals surface area contributed by atoms with Crippen molar-refractivity contribution in [2.24, 2.45) is 0 Å². The number of rotatable bonds is 1. The molecule has 3 aromatic rings. The topological polar surface area (TPSA) is 71.4 Å². The number of hydrogen-bond acceptors (Lipinski definition) is 3. The Kier molecular flexibility index (Phi) is 2.69. The van der Waals surface area contributed by atoms with E-state index in [2.05, 4.69) is 0 Å². The number of fused-ring (bicyclic) bond motifs is 3. The van der Waals surface area contributed by atoms with Gasteiger partial charge in [-0.2, -0.15) is 0 Å². The second-order valence-corrected chi connectivity index (χ2v) is 5.47. The first kappa shape index (κ1) is 13.4. The first-order valence-corrected chi connectivity index (χ1v) is 7.06. The van der Waals surface area contributed by atoms with Crippen molar-refractivity contribution in [1.29, 1.82) is 0 Å². The molecule has 0 saturated heterocycles. The molecule has 0 heterocycles. The zero-order valence-electron chi connectivity index (χ0n) is 11.9. The number of aromatic carboxylic acids is 1. The van der Waals surface area contributed by atoms with Crippen molar-refractivity contribution in [3.05, 3.63) is 82.4 Å². The van der Waals surface area contributed by atoms with E-state index >= 15 is 0 Å². The van der Waals surface area contributed by atoms with Gasteiger partial charge in [-0.05, 0) is 41.1 Å². The van der Waals surface area contributed by atoms with Crippen LogP contribution in [0.25, 0.3) is 10.8 Å². The molecule has 23 heavy (non-hydrogen) atoms. The summed E-state index contributed by atoms with van der Waals surface area (Å²) < 4.78 is 0. The zero-order chi connectivity index (χ0) is 16.1. The van der Waals surface area contributed by atoms with Gasteiger partial charge in [0, 0.05) is 22.3 Å². The van der Waals surface area contributed by atoms with Crippen molar-refractivity contribution in [1.82, 2.24) is 0 Å². The lowest BCUT2D eigenvalue weighted by Crippen LogP contribution is -2.21. The molecule has 4 nitrogen and oxygen atoms in total. The first-order valence-electron chi connectivity index (χ1n) is 7.06. The molecule has 0 bridgehead atoms. The van der Waals surface area contributed by atoms with Crippen LogP contribution in [0, 0.1) is 0 Å². The largest absolute Gasteiger partial charge is 0.478 e. The van der Waals surface area contributed by atoms with E-state index in [9.17, 15) is 14.4 Å². The van der Waals surface area contributed by atoms with Crippen LogP contribution in [-0.4, -0.2) is 22.6 Å². The van der Waals surface area contributed by atoms with E-state index in [-0.39, 0.29) is 28.3 Å². The summed E-state index contributed by atoms with van der Waals surface area (Å²) in [5.74, 6) is -1.70. The van der Waals surface area contributed by atoms with Gasteiger partial charge >= 0.3 is 5.97 Å². The van der Waals surface area contributed by atoms with Crippen molar-refractivity contribution in [2.75, 3.05) is 0 Å². The Morgan fingerprint density at radius 1 is 0.696 bits per heavy atom. The van der Waals surface area contributed by atoms with Gasteiger partial charge in [0.2, 0.25) is 0 Å². The fourth-order valence-electron chi connectivity index (χ4n) is 2.97. The van der Waals surface area contributed by atoms with Crippen LogP contribution in [0.2, 0.25) is 0 Å². The summed E-state index contributed by atoms with van der Waals surface area (Å²) in [4.78, 5) is 36.5. The van der Waals surface area contributed by atoms with Crippen LogP contribution in [-0.2, 0) is 0 Å². The third-order valence-corrected chi connectivity index (χ3v) is 4.13. The molecule has 1 aliphatic carbocycles. The second-order valence-electron chi connectivity index (χ2n) is 5.47. The predicted molar refractivity (Wildman–Crippen MR) is 84.2 cm³/mol. The molecule has 1 N–H and O–H groups in total. The fourth-order valence-corrected chi connectivity index (χ4v) is 2.97. The molecule has 0 amide bonds. The quantitative estimate of drug-likeness (QED) is 0.585. The van der Waals surface area contributed by atoms with Crippen LogP contribution in [0.5, 0.6) is 0 Å². The Morgan fingerprint density at radius 2 is 1.22 bits per heavy atom. The molecule has 110 valence electrons. The minimum absolute atomic E-state index is 0.00543. The van der Waals surface area contributed by atoms with Gasteiger partial charge in [0.05, 0.1) is 5.56 Å². The Bertz CT molecular complexity index is 1030. The maximum Gasteiger partial charge on any atom is 0.335 e. The first-order chi connectivity index (χ1) is 11.1. The van der Waals surface area contributed by atoms with Crippen molar-refractivity contribution in [2.45, 2.75) is 0 Å². The third-order valence-electron chi connectivity index (χ3n) is 4.13. The Hall–Kier alpha value is -3.27. The average Bonchev–Trinajstić information content (AvgIpc) is 2.58. The number of benzene rings is 3. The van der Waals surface area contributed by atoms with E-state index in [0.717, 1.165) is 10.8 Å². The number of hydrogen-bond donors (Lipinski definition) is 1. The minimum Gasteiger partial charge on any atom is -0.478 e. The molecule has 0 atom stereocenters. The van der Waals surface area contributed by atoms with Gasteiger partial charge in [-0.15, -0.1) is 0 Å². The number of carboxylic acid groups (broad SMARTS) is 1. The summed E-state index contributed by atoms with van der Waals surface area (Å²) in [7, 11) is 0. The zero-order valence-corrected chi connectivity index (χ0v) is 11.9. The summed E-state index contributed by atoms with van der Waals surface area (Å²) in [5.41, 5.74) is 1.09. The molecule has 4 heteroatoms. The molecule has 0 radical (unpaired) electrons. The highest BCUT2D eigenvalue weighted by molar-refractivity contribution is 6.29. The second kappa shape index (κ2) is 4.61. The summed E-state index contributed by atoms with van der Waals surface area (Å²) in [6.07, 6.45) is 0. The molecule has 0 aromatic heterocycles. The number of carbonyl (C=O) groups excluding carboxylic acids is 2. The van der Waals surface area contributed by atoms with Crippen molar-refractivity contribution < 1.29 is 19.5 Å². The van der Waals surface area contributed by atoms with Crippen molar-refractivity contribution >= 4 is 28.3 Å². The molecule has 1 aliphatic rings. The molecule has 4 rings (SSSR count). The van der Waals surface area contributed by atoms with E-state index < -0.39 is 5.97 Å². The lowest BCUT2D eigenvalue weighted by atomic mass is 9.82. The van der Waals surface area contributed by atoms with Crippen LogP contribution in [0.15, 0.2) is 54.6 Å². The highest BCUT2D eigenvalue weighted by atomic mass is 16.4. The molecule has 3 aromatic carbocycles. The summed E-state index contributed by atoms with van der Waals surface area (Å²) in [5, 5.41) is 10.8. The van der Waals surface area contributed by atoms with Crippen molar-refractivity contribution in [3.8, 4) is 0 Å². The van der Waals surface area contributed by atoms with Crippen LogP contribution in [0.3, 0.4) is 0 Å². The predicted octanol–water partition coefficient (Wildman–Crippen LogP) is 3.31. The minimum atomic E-state index is -1.13. The lowest BCUT2D eigenvalue weighted by Gasteiger charge is -2.18. The van der Waals surface area contributed by atoms with Gasteiger partial charge in [-0.1, -0.05) is 24.3 Å². The molecular weight excluding hydrogens is 292 g/mol. The van der Waals surface area contributed by atoms with Crippen LogP contribution >= 0.6 is 0 Å². The van der Waals surface area contributed by atoms with E-state index in [1.165, 1.54) is 18.2 Å². The van der Waals surface area contributed by atoms with Gasteiger partial charge in [0.25, 0.3) is 0 Å². The van der Waals surface area contributed by atoms with E-state index in [4.69, 9.17) is 5.11 Å². The molecule has 0 fully saturated rings. The van der Waals surface area contributed by atoms with E-state index in [1.54, 1.807) is 12.1 Å². The molecular formula is C19H10O4. The Balaban J connectivity index is 2.00. The molecule has 0 aliphatic heterocycles. The monoisotopic (exact) mass is 302 g/mol. The highest BCUT2D eigenvalue weighted by Crippen LogP contribution is 2.31. The maximum atomic E-state index is 12.7. The molecule has 0 spiro atoms. The van der Waals surface area contributed by atoms with Gasteiger partial charge in [0.15, 0.2) is 11.6 Å². The molecule has 0 saturated carbocycles. The number of carbonyl (C=O) groups is 3. The van der Waals surface area contributed by atoms with Gasteiger partial charge in [-0.3, -0.25) is 9.59 Å². The number of carboxylic acids is 1. The maximum absolute atomic E-state index is 12.7. The summed E-state index contributed by atoms with van der Waals surface area (Å²) >= 11 is 0. The lowest BCUT2D eigenvalue weighted by molar-refractivity contribution is 0.0696. The summed E-state index contributed by atoms with van der Waals surface area (Å²) in [6, 6.07) is 14.9. The van der Waals surface area contributed by atoms with E-state index in [1.807, 2.05) is 24.3 Å². The van der Waals surface area contributed by atoms with E-state index in [0.29, 0.717) is 11.1 Å². The average molecular weight is 302 g/mol. The van der Waals surface area contributed by atoms with Crippen molar-refractivity contribution in [3.63, 3.8) is 0 Å². The van der Waals surface area contributed by atoms with Gasteiger partial charge in [-0.25, -0.2) is 4.79 Å².